The van der Waals surface area contributed by atoms with Crippen LogP contribution in [-0.2, 0) is 11.2 Å². The predicted molar refractivity (Wildman–Crippen MR) is 112 cm³/mol. The first-order valence-corrected chi connectivity index (χ1v) is 10.3. The van der Waals surface area contributed by atoms with E-state index in [0.29, 0.717) is 6.54 Å². The Morgan fingerprint density at radius 2 is 1.61 bits per heavy atom. The van der Waals surface area contributed by atoms with Gasteiger partial charge < -0.3 is 5.32 Å². The van der Waals surface area contributed by atoms with Crippen molar-refractivity contribution >= 4 is 11.7 Å². The van der Waals surface area contributed by atoms with E-state index in [9.17, 15) is 9.59 Å². The van der Waals surface area contributed by atoms with Gasteiger partial charge in [0.05, 0.1) is 6.54 Å². The van der Waals surface area contributed by atoms with Crippen molar-refractivity contribution in [3.63, 3.8) is 0 Å². The second-order valence-electron chi connectivity index (χ2n) is 7.77. The largest absolute Gasteiger partial charge is 0.353 e. The molecule has 2 aromatic carbocycles. The quantitative estimate of drug-likeness (QED) is 0.712. The maximum absolute atomic E-state index is 12.6. The molecule has 1 aliphatic heterocycles. The van der Waals surface area contributed by atoms with Gasteiger partial charge in [-0.2, -0.15) is 0 Å². The molecular weight excluding hydrogens is 348 g/mol. The number of nitrogens with one attached hydrogen (secondary N) is 1. The average Bonchev–Trinajstić information content (AvgIpc) is 2.73. The third-order valence-corrected chi connectivity index (χ3v) is 5.50. The fraction of sp³-hybridized carbons (Fsp3) is 0.417. The van der Waals surface area contributed by atoms with E-state index >= 15 is 0 Å². The molecular formula is C24H30N2O2. The van der Waals surface area contributed by atoms with Gasteiger partial charge in [-0.25, -0.2) is 0 Å². The van der Waals surface area contributed by atoms with Gasteiger partial charge in [-0.05, 0) is 51.3 Å². The molecule has 1 fully saturated rings. The summed E-state index contributed by atoms with van der Waals surface area (Å²) in [6, 6.07) is 20.0. The molecule has 4 heteroatoms. The lowest BCUT2D eigenvalue weighted by molar-refractivity contribution is -0.123. The summed E-state index contributed by atoms with van der Waals surface area (Å²) in [6.45, 7) is 4.08. The highest BCUT2D eigenvalue weighted by atomic mass is 16.2. The third-order valence-electron chi connectivity index (χ3n) is 5.50. The van der Waals surface area contributed by atoms with Crippen LogP contribution in [0.2, 0.25) is 0 Å². The second kappa shape index (κ2) is 10.2. The zero-order valence-electron chi connectivity index (χ0n) is 16.6. The van der Waals surface area contributed by atoms with E-state index in [-0.39, 0.29) is 23.7 Å². The highest BCUT2D eigenvalue weighted by molar-refractivity contribution is 5.97. The molecule has 0 bridgehead atoms. The fourth-order valence-corrected chi connectivity index (χ4v) is 3.81. The molecule has 0 aromatic heterocycles. The average molecular weight is 379 g/mol. The van der Waals surface area contributed by atoms with Gasteiger partial charge in [0.2, 0.25) is 5.91 Å². The van der Waals surface area contributed by atoms with Crippen molar-refractivity contribution in [3.05, 3.63) is 71.8 Å². The van der Waals surface area contributed by atoms with Crippen LogP contribution in [0.15, 0.2) is 60.7 Å². The van der Waals surface area contributed by atoms with E-state index in [4.69, 9.17) is 0 Å². The minimum absolute atomic E-state index is 0.0755. The van der Waals surface area contributed by atoms with Crippen LogP contribution < -0.4 is 5.32 Å². The Bertz CT molecular complexity index is 753. The summed E-state index contributed by atoms with van der Waals surface area (Å²) in [7, 11) is 0. The Kier molecular flexibility index (Phi) is 7.38. The Balaban J connectivity index is 1.37. The number of hydrogen-bond donors (Lipinski definition) is 1. The summed E-state index contributed by atoms with van der Waals surface area (Å²) < 4.78 is 0. The van der Waals surface area contributed by atoms with Crippen LogP contribution in [-0.4, -0.2) is 42.3 Å². The summed E-state index contributed by atoms with van der Waals surface area (Å²) in [6.07, 6.45) is 3.55. The molecule has 1 aliphatic rings. The number of Topliss-reactive ketones (excluding diaryl/α,β-unsaturated/α-hetero) is 1. The van der Waals surface area contributed by atoms with E-state index in [1.165, 1.54) is 5.56 Å². The molecule has 1 saturated heterocycles. The lowest BCUT2D eigenvalue weighted by atomic mass is 9.89. The number of carbonyl (C=O) groups excluding carboxylic acids is 2. The van der Waals surface area contributed by atoms with Gasteiger partial charge in [-0.1, -0.05) is 60.7 Å². The summed E-state index contributed by atoms with van der Waals surface area (Å²) in [5.74, 6) is 0.388. The number of aryl methyl sites for hydroxylation is 1. The van der Waals surface area contributed by atoms with E-state index in [2.05, 4.69) is 29.3 Å². The maximum atomic E-state index is 12.6. The lowest BCUT2D eigenvalue weighted by Gasteiger charge is -2.31. The Hall–Kier alpha value is -2.46. The monoisotopic (exact) mass is 378 g/mol. The van der Waals surface area contributed by atoms with Crippen molar-refractivity contribution in [1.82, 2.24) is 10.2 Å². The number of nitrogens with zero attached hydrogens (tertiary/aromatic N) is 1. The summed E-state index contributed by atoms with van der Waals surface area (Å²) in [5, 5.41) is 3.11. The predicted octanol–water partition coefficient (Wildman–Crippen LogP) is 3.72. The number of ketones is 1. The normalized spacial score (nSPS) is 16.5. The van der Waals surface area contributed by atoms with Gasteiger partial charge >= 0.3 is 0 Å². The molecule has 3 rings (SSSR count). The standard InChI is InChI=1S/C24H30N2O2/c1-19(12-13-20-8-4-2-5-9-20)25-23(27)18-26-16-14-22(15-17-26)24(28)21-10-6-3-7-11-21/h2-11,19,22H,12-18H2,1H3,(H,25,27). The van der Waals surface area contributed by atoms with Gasteiger partial charge in [0, 0.05) is 17.5 Å². The second-order valence-corrected chi connectivity index (χ2v) is 7.77. The smallest absolute Gasteiger partial charge is 0.234 e. The molecule has 28 heavy (non-hydrogen) atoms. The van der Waals surface area contributed by atoms with Gasteiger partial charge in [0.25, 0.3) is 0 Å². The molecule has 0 spiro atoms. The summed E-state index contributed by atoms with van der Waals surface area (Å²) in [5.41, 5.74) is 2.10. The first-order valence-electron chi connectivity index (χ1n) is 10.3. The minimum Gasteiger partial charge on any atom is -0.353 e. The molecule has 0 aliphatic carbocycles. The third kappa shape index (κ3) is 6.03. The number of piperidine rings is 1. The van der Waals surface area contributed by atoms with E-state index in [0.717, 1.165) is 44.3 Å². The molecule has 1 unspecified atom stereocenters. The van der Waals surface area contributed by atoms with Gasteiger partial charge in [0.15, 0.2) is 5.78 Å². The Morgan fingerprint density at radius 1 is 1.00 bits per heavy atom. The van der Waals surface area contributed by atoms with E-state index in [1.54, 1.807) is 0 Å². The van der Waals surface area contributed by atoms with E-state index < -0.39 is 0 Å². The molecule has 1 N–H and O–H groups in total. The first-order chi connectivity index (χ1) is 13.6. The molecule has 1 atom stereocenters. The van der Waals surface area contributed by atoms with Crippen molar-refractivity contribution in [2.75, 3.05) is 19.6 Å². The van der Waals surface area contributed by atoms with Gasteiger partial charge in [-0.3, -0.25) is 14.5 Å². The Morgan fingerprint density at radius 3 is 2.25 bits per heavy atom. The van der Waals surface area contributed by atoms with Crippen LogP contribution in [0, 0.1) is 5.92 Å². The van der Waals surface area contributed by atoms with Gasteiger partial charge in [-0.15, -0.1) is 0 Å². The summed E-state index contributed by atoms with van der Waals surface area (Å²) >= 11 is 0. The van der Waals surface area contributed by atoms with E-state index in [1.807, 2.05) is 48.5 Å². The number of carbonyl (C=O) groups is 2. The molecule has 148 valence electrons. The van der Waals surface area contributed by atoms with Gasteiger partial charge in [0.1, 0.15) is 0 Å². The number of rotatable bonds is 8. The molecule has 1 amide bonds. The van der Waals surface area contributed by atoms with Crippen molar-refractivity contribution in [3.8, 4) is 0 Å². The zero-order valence-corrected chi connectivity index (χ0v) is 16.6. The van der Waals surface area contributed by atoms with Crippen LogP contribution in [0.3, 0.4) is 0 Å². The summed E-state index contributed by atoms with van der Waals surface area (Å²) in [4.78, 5) is 27.1. The zero-order chi connectivity index (χ0) is 19.8. The fourth-order valence-electron chi connectivity index (χ4n) is 3.81. The van der Waals surface area contributed by atoms with Crippen molar-refractivity contribution in [2.24, 2.45) is 5.92 Å². The topological polar surface area (TPSA) is 49.4 Å². The van der Waals surface area contributed by atoms with Crippen molar-refractivity contribution in [1.29, 1.82) is 0 Å². The molecule has 2 aromatic rings. The number of amides is 1. The van der Waals surface area contributed by atoms with Crippen LogP contribution in [0.25, 0.3) is 0 Å². The molecule has 0 saturated carbocycles. The van der Waals surface area contributed by atoms with Crippen LogP contribution >= 0.6 is 0 Å². The van der Waals surface area contributed by atoms with Crippen LogP contribution in [0.4, 0.5) is 0 Å². The Labute approximate surface area is 167 Å². The lowest BCUT2D eigenvalue weighted by Crippen LogP contribution is -2.44. The number of hydrogen-bond acceptors (Lipinski definition) is 3. The highest BCUT2D eigenvalue weighted by Gasteiger charge is 2.26. The highest BCUT2D eigenvalue weighted by Crippen LogP contribution is 2.21. The SMILES string of the molecule is CC(CCc1ccccc1)NC(=O)CN1CCC(C(=O)c2ccccc2)CC1. The molecule has 4 nitrogen and oxygen atoms in total. The van der Waals surface area contributed by atoms with Crippen LogP contribution in [0.5, 0.6) is 0 Å². The minimum atomic E-state index is 0.0755. The van der Waals surface area contributed by atoms with Crippen molar-refractivity contribution < 1.29 is 9.59 Å². The van der Waals surface area contributed by atoms with Crippen LogP contribution in [0.1, 0.15) is 42.1 Å². The van der Waals surface area contributed by atoms with Crippen molar-refractivity contribution in [2.45, 2.75) is 38.6 Å². The molecule has 0 radical (unpaired) electrons. The maximum Gasteiger partial charge on any atom is 0.234 e. The number of benzene rings is 2. The first kappa shape index (κ1) is 20.3. The number of likely N-dealkylation sites (tertiary alicyclic amines) is 1. The molecule has 1 heterocycles.